The first-order valence-electron chi connectivity index (χ1n) is 10.9. The van der Waals surface area contributed by atoms with E-state index in [2.05, 4.69) is 6.92 Å². The number of aromatic carboxylic acids is 1. The molecule has 0 aliphatic rings. The highest BCUT2D eigenvalue weighted by Gasteiger charge is 2.17. The number of carboxylic acids is 1. The van der Waals surface area contributed by atoms with E-state index in [-0.39, 0.29) is 38.7 Å². The average molecular weight is 424 g/mol. The van der Waals surface area contributed by atoms with Gasteiger partial charge in [-0.2, -0.15) is 0 Å². The lowest BCUT2D eigenvalue weighted by Crippen LogP contribution is -2.08. The normalized spacial score (nSPS) is 11.2. The molecule has 0 saturated carbocycles. The quantitative estimate of drug-likeness (QED) is 0.231. The van der Waals surface area contributed by atoms with Crippen molar-refractivity contribution in [2.45, 2.75) is 58.8 Å². The summed E-state index contributed by atoms with van der Waals surface area (Å²) in [7, 11) is 0. The number of carboxylic acid groups (broad SMARTS) is 1. The highest BCUT2D eigenvalue weighted by Crippen LogP contribution is 2.30. The third-order valence-electron chi connectivity index (χ3n) is 5.38. The first kappa shape index (κ1) is 22.5. The van der Waals surface area contributed by atoms with Crippen molar-refractivity contribution >= 4 is 33.7 Å². The van der Waals surface area contributed by atoms with Gasteiger partial charge in [0.1, 0.15) is 5.58 Å². The van der Waals surface area contributed by atoms with E-state index in [1.807, 2.05) is 0 Å². The van der Waals surface area contributed by atoms with Crippen LogP contribution in [0, 0.1) is 0 Å². The highest BCUT2D eigenvalue weighted by atomic mass is 16.5. The lowest BCUT2D eigenvalue weighted by atomic mass is 10.0. The van der Waals surface area contributed by atoms with Crippen LogP contribution in [0.15, 0.2) is 39.5 Å². The molecule has 0 radical (unpaired) electrons. The van der Waals surface area contributed by atoms with Crippen molar-refractivity contribution in [2.24, 2.45) is 0 Å². The van der Waals surface area contributed by atoms with Gasteiger partial charge < -0.3 is 14.3 Å². The van der Waals surface area contributed by atoms with Crippen LogP contribution < -0.4 is 10.2 Å². The number of rotatable bonds is 11. The molecular weight excluding hydrogens is 396 g/mol. The van der Waals surface area contributed by atoms with E-state index >= 15 is 0 Å². The number of hydrogen-bond donors (Lipinski definition) is 1. The molecule has 0 aliphatic heterocycles. The van der Waals surface area contributed by atoms with Crippen LogP contribution in [0.1, 0.15) is 79.5 Å². The second-order valence-electron chi connectivity index (χ2n) is 7.69. The molecule has 3 aromatic rings. The number of unbranched alkanes of at least 4 members (excludes halogenated alkanes) is 5. The summed E-state index contributed by atoms with van der Waals surface area (Å²) in [5.41, 5.74) is 0.559. The van der Waals surface area contributed by atoms with E-state index in [0.29, 0.717) is 24.3 Å². The van der Waals surface area contributed by atoms with Gasteiger partial charge in [0.2, 0.25) is 5.43 Å². The second-order valence-corrected chi connectivity index (χ2v) is 7.69. The first-order valence-corrected chi connectivity index (χ1v) is 10.9. The van der Waals surface area contributed by atoms with E-state index in [1.165, 1.54) is 43.5 Å². The fraction of sp³-hybridized carbons (Fsp3) is 0.400. The molecule has 1 heterocycles. The number of carbonyl (C=O) groups excluding carboxylic acids is 1. The molecule has 3 rings (SSSR count). The van der Waals surface area contributed by atoms with E-state index in [0.717, 1.165) is 19.3 Å². The Hall–Kier alpha value is -3.15. The predicted molar refractivity (Wildman–Crippen MR) is 120 cm³/mol. The molecule has 0 fully saturated rings. The molecule has 0 atom stereocenters. The van der Waals surface area contributed by atoms with Gasteiger partial charge in [0, 0.05) is 12.0 Å². The number of benzene rings is 2. The van der Waals surface area contributed by atoms with Crippen molar-refractivity contribution in [1.29, 1.82) is 0 Å². The largest absolute Gasteiger partial charge is 0.490 e. The SMILES string of the molecule is CCCCCCCCOc1cc(C(=O)CC)cc2c(=O)c3cc(C(=O)O)ccc3oc12. The third kappa shape index (κ3) is 5.13. The minimum Gasteiger partial charge on any atom is -0.490 e. The number of Topliss-reactive ketones (excluding diaryl/α,β-unsaturated/α-hetero) is 1. The predicted octanol–water partition coefficient (Wildman–Crippen LogP) is 5.98. The highest BCUT2D eigenvalue weighted by molar-refractivity contribution is 6.03. The molecule has 164 valence electrons. The molecule has 1 N–H and O–H groups in total. The maximum Gasteiger partial charge on any atom is 0.335 e. The number of hydrogen-bond acceptors (Lipinski definition) is 5. The zero-order chi connectivity index (χ0) is 22.4. The molecule has 6 nitrogen and oxygen atoms in total. The van der Waals surface area contributed by atoms with Gasteiger partial charge in [-0.3, -0.25) is 9.59 Å². The monoisotopic (exact) mass is 424 g/mol. The molecule has 31 heavy (non-hydrogen) atoms. The third-order valence-corrected chi connectivity index (χ3v) is 5.38. The van der Waals surface area contributed by atoms with Gasteiger partial charge in [0.15, 0.2) is 17.1 Å². The van der Waals surface area contributed by atoms with Crippen molar-refractivity contribution in [3.63, 3.8) is 0 Å². The molecule has 0 saturated heterocycles. The van der Waals surface area contributed by atoms with Gasteiger partial charge in [-0.25, -0.2) is 4.79 Å². The summed E-state index contributed by atoms with van der Waals surface area (Å²) in [6.07, 6.45) is 7.00. The summed E-state index contributed by atoms with van der Waals surface area (Å²) >= 11 is 0. The molecule has 0 bridgehead atoms. The maximum atomic E-state index is 13.1. The smallest absolute Gasteiger partial charge is 0.335 e. The summed E-state index contributed by atoms with van der Waals surface area (Å²) in [6, 6.07) is 7.31. The summed E-state index contributed by atoms with van der Waals surface area (Å²) < 4.78 is 11.9. The summed E-state index contributed by atoms with van der Waals surface area (Å²) in [4.78, 5) is 36.8. The van der Waals surface area contributed by atoms with Crippen molar-refractivity contribution in [3.05, 3.63) is 51.7 Å². The minimum atomic E-state index is -1.13. The van der Waals surface area contributed by atoms with Crippen molar-refractivity contribution in [2.75, 3.05) is 6.61 Å². The summed E-state index contributed by atoms with van der Waals surface area (Å²) in [5, 5.41) is 9.61. The first-order chi connectivity index (χ1) is 15.0. The van der Waals surface area contributed by atoms with Crippen LogP contribution in [0.5, 0.6) is 5.75 Å². The zero-order valence-electron chi connectivity index (χ0n) is 18.0. The van der Waals surface area contributed by atoms with E-state index in [1.54, 1.807) is 13.0 Å². The summed E-state index contributed by atoms with van der Waals surface area (Å²) in [6.45, 7) is 4.40. The summed E-state index contributed by atoms with van der Waals surface area (Å²) in [5.74, 6) is -0.867. The number of carbonyl (C=O) groups is 2. The fourth-order valence-corrected chi connectivity index (χ4v) is 3.60. The van der Waals surface area contributed by atoms with E-state index in [9.17, 15) is 19.5 Å². The van der Waals surface area contributed by atoms with Gasteiger partial charge in [0.05, 0.1) is 22.9 Å². The molecule has 6 heteroatoms. The molecule has 0 aliphatic carbocycles. The van der Waals surface area contributed by atoms with Crippen molar-refractivity contribution in [3.8, 4) is 5.75 Å². The minimum absolute atomic E-state index is 0.000476. The van der Waals surface area contributed by atoms with Crippen LogP contribution in [0.3, 0.4) is 0 Å². The Kier molecular flexibility index (Phi) is 7.45. The Morgan fingerprint density at radius 1 is 0.935 bits per heavy atom. The number of ketones is 1. The maximum absolute atomic E-state index is 13.1. The van der Waals surface area contributed by atoms with Crippen LogP contribution >= 0.6 is 0 Å². The van der Waals surface area contributed by atoms with Crippen LogP contribution in [-0.2, 0) is 0 Å². The topological polar surface area (TPSA) is 93.8 Å². The standard InChI is InChI=1S/C25H28O6/c1-3-5-6-7-8-9-12-30-22-15-17(20(26)4-2)14-19-23(27)18-13-16(25(28)29)10-11-21(18)31-24(19)22/h10-11,13-15H,3-9,12H2,1-2H3,(H,28,29). The Morgan fingerprint density at radius 3 is 2.35 bits per heavy atom. The molecule has 0 unspecified atom stereocenters. The molecule has 0 spiro atoms. The van der Waals surface area contributed by atoms with Gasteiger partial charge >= 0.3 is 5.97 Å². The van der Waals surface area contributed by atoms with E-state index in [4.69, 9.17) is 9.15 Å². The molecule has 2 aromatic carbocycles. The van der Waals surface area contributed by atoms with Crippen LogP contribution in [-0.4, -0.2) is 23.5 Å². The molecule has 1 aromatic heterocycles. The van der Waals surface area contributed by atoms with Gasteiger partial charge in [-0.15, -0.1) is 0 Å². The van der Waals surface area contributed by atoms with Gasteiger partial charge in [-0.1, -0.05) is 46.0 Å². The molecule has 0 amide bonds. The lowest BCUT2D eigenvalue weighted by molar-refractivity contribution is 0.0696. The number of ether oxygens (including phenoxy) is 1. The zero-order valence-corrected chi connectivity index (χ0v) is 18.0. The van der Waals surface area contributed by atoms with Gasteiger partial charge in [0.25, 0.3) is 0 Å². The fourth-order valence-electron chi connectivity index (χ4n) is 3.60. The van der Waals surface area contributed by atoms with Crippen LogP contribution in [0.4, 0.5) is 0 Å². The molecular formula is C25H28O6. The Bertz CT molecular complexity index is 1160. The lowest BCUT2D eigenvalue weighted by Gasteiger charge is -2.11. The van der Waals surface area contributed by atoms with Crippen LogP contribution in [0.25, 0.3) is 21.9 Å². The van der Waals surface area contributed by atoms with Crippen LogP contribution in [0.2, 0.25) is 0 Å². The van der Waals surface area contributed by atoms with Gasteiger partial charge in [-0.05, 0) is 36.8 Å². The van der Waals surface area contributed by atoms with E-state index < -0.39 is 5.97 Å². The van der Waals surface area contributed by atoms with Crippen molar-refractivity contribution < 1.29 is 23.8 Å². The average Bonchev–Trinajstić information content (AvgIpc) is 2.77. The Morgan fingerprint density at radius 2 is 1.65 bits per heavy atom. The Labute approximate surface area is 180 Å². The Balaban J connectivity index is 2.00. The second kappa shape index (κ2) is 10.2. The number of fused-ring (bicyclic) bond motifs is 2. The van der Waals surface area contributed by atoms with Crippen molar-refractivity contribution in [1.82, 2.24) is 0 Å².